The van der Waals surface area contributed by atoms with Gasteiger partial charge < -0.3 is 10.2 Å². The average Bonchev–Trinajstić information content (AvgIpc) is 3.33. The Bertz CT molecular complexity index is 1040. The highest BCUT2D eigenvalue weighted by molar-refractivity contribution is 5.89. The van der Waals surface area contributed by atoms with Gasteiger partial charge in [-0.15, -0.1) is 0 Å². The van der Waals surface area contributed by atoms with Gasteiger partial charge >= 0.3 is 0 Å². The largest absolute Gasteiger partial charge is 0.355 e. The van der Waals surface area contributed by atoms with Crippen molar-refractivity contribution in [3.05, 3.63) is 71.0 Å². The Hall–Kier alpha value is -2.69. The van der Waals surface area contributed by atoms with E-state index in [9.17, 15) is 14.0 Å². The summed E-state index contributed by atoms with van der Waals surface area (Å²) in [4.78, 5) is 28.4. The summed E-state index contributed by atoms with van der Waals surface area (Å²) in [5.74, 6) is 0.286. The molecule has 1 N–H and O–H groups in total. The minimum Gasteiger partial charge on any atom is -0.355 e. The molecule has 1 spiro atoms. The second-order valence-corrected chi connectivity index (χ2v) is 10.4. The summed E-state index contributed by atoms with van der Waals surface area (Å²) < 4.78 is 13.9. The van der Waals surface area contributed by atoms with Gasteiger partial charge in [0.15, 0.2) is 0 Å². The minimum absolute atomic E-state index is 0.0846. The first kappa shape index (κ1) is 22.1. The molecule has 1 saturated carbocycles. The van der Waals surface area contributed by atoms with Gasteiger partial charge in [-0.3, -0.25) is 9.59 Å². The number of likely N-dealkylation sites (tertiary alicyclic amines) is 1. The molecule has 2 aliphatic heterocycles. The van der Waals surface area contributed by atoms with Crippen molar-refractivity contribution in [1.29, 1.82) is 0 Å². The van der Waals surface area contributed by atoms with Crippen LogP contribution in [-0.2, 0) is 15.0 Å². The van der Waals surface area contributed by atoms with Crippen LogP contribution < -0.4 is 5.32 Å². The fourth-order valence-electron chi connectivity index (χ4n) is 6.64. The molecule has 2 aromatic rings. The zero-order chi connectivity index (χ0) is 23.1. The fourth-order valence-corrected chi connectivity index (χ4v) is 6.64. The van der Waals surface area contributed by atoms with E-state index in [4.69, 9.17) is 0 Å². The third kappa shape index (κ3) is 3.85. The summed E-state index contributed by atoms with van der Waals surface area (Å²) in [5.41, 5.74) is 2.29. The summed E-state index contributed by atoms with van der Waals surface area (Å²) in [5, 5.41) is 3.03. The van der Waals surface area contributed by atoms with Gasteiger partial charge in [-0.05, 0) is 60.8 Å². The molecule has 0 radical (unpaired) electrons. The number of rotatable bonds is 3. The lowest BCUT2D eigenvalue weighted by Crippen LogP contribution is -2.55. The van der Waals surface area contributed by atoms with Crippen molar-refractivity contribution in [2.45, 2.75) is 63.2 Å². The molecule has 0 aromatic heterocycles. The first-order valence-corrected chi connectivity index (χ1v) is 12.3. The summed E-state index contributed by atoms with van der Waals surface area (Å²) >= 11 is 0. The Morgan fingerprint density at radius 3 is 2.39 bits per heavy atom. The molecule has 2 saturated heterocycles. The van der Waals surface area contributed by atoms with Crippen LogP contribution in [0.15, 0.2) is 48.5 Å². The molecular weight excluding hydrogens is 415 g/mol. The van der Waals surface area contributed by atoms with Crippen LogP contribution in [0.25, 0.3) is 0 Å². The van der Waals surface area contributed by atoms with Crippen LogP contribution in [0.2, 0.25) is 0 Å². The van der Waals surface area contributed by atoms with Crippen molar-refractivity contribution in [3.8, 4) is 0 Å². The molecule has 5 heteroatoms. The van der Waals surface area contributed by atoms with Gasteiger partial charge in [0.2, 0.25) is 11.8 Å². The van der Waals surface area contributed by atoms with Crippen LogP contribution in [-0.4, -0.2) is 36.3 Å². The Balaban J connectivity index is 1.38. The van der Waals surface area contributed by atoms with Crippen molar-refractivity contribution < 1.29 is 14.0 Å². The smallest absolute Gasteiger partial charge is 0.233 e. The fraction of sp³-hybridized carbons (Fsp3) is 0.500. The van der Waals surface area contributed by atoms with Gasteiger partial charge in [0.1, 0.15) is 5.82 Å². The number of benzene rings is 2. The standard InChI is InChI=1S/C28H33FN2O2/c1-20-17-21(9-10-24(20)29)23-19-30-25(32)18-27(23)13-15-31(16-14-27)26(33)28(11-5-6-12-28)22-7-3-2-4-8-22/h2-4,7-10,17,23H,5-6,11-16,18-19H2,1H3,(H,30,32). The maximum atomic E-state index is 13.9. The third-order valence-corrected chi connectivity index (χ3v) is 8.58. The highest BCUT2D eigenvalue weighted by Gasteiger charge is 2.50. The number of amides is 2. The van der Waals surface area contributed by atoms with Crippen LogP contribution in [0, 0.1) is 18.2 Å². The highest BCUT2D eigenvalue weighted by atomic mass is 19.1. The predicted octanol–water partition coefficient (Wildman–Crippen LogP) is 4.86. The van der Waals surface area contributed by atoms with E-state index in [1.807, 2.05) is 30.3 Å². The minimum atomic E-state index is -0.400. The van der Waals surface area contributed by atoms with Gasteiger partial charge in [-0.2, -0.15) is 0 Å². The Kier molecular flexibility index (Phi) is 5.75. The number of hydrogen-bond acceptors (Lipinski definition) is 2. The number of nitrogens with zero attached hydrogens (tertiary/aromatic N) is 1. The van der Waals surface area contributed by atoms with Crippen molar-refractivity contribution in [3.63, 3.8) is 0 Å². The lowest BCUT2D eigenvalue weighted by atomic mass is 9.62. The van der Waals surface area contributed by atoms with E-state index in [-0.39, 0.29) is 29.0 Å². The van der Waals surface area contributed by atoms with Crippen LogP contribution in [0.1, 0.15) is 67.6 Å². The molecule has 0 bridgehead atoms. The zero-order valence-electron chi connectivity index (χ0n) is 19.4. The van der Waals surface area contributed by atoms with Gasteiger partial charge in [0.25, 0.3) is 0 Å². The number of halogens is 1. The molecule has 3 aliphatic rings. The summed E-state index contributed by atoms with van der Waals surface area (Å²) in [6.07, 6.45) is 6.08. The first-order chi connectivity index (χ1) is 15.9. The number of piperidine rings is 2. The second-order valence-electron chi connectivity index (χ2n) is 10.4. The van der Waals surface area contributed by atoms with E-state index in [2.05, 4.69) is 22.3 Å². The summed E-state index contributed by atoms with van der Waals surface area (Å²) in [6.45, 7) is 3.72. The number of nitrogens with one attached hydrogen (secondary N) is 1. The monoisotopic (exact) mass is 448 g/mol. The van der Waals surface area contributed by atoms with Crippen molar-refractivity contribution in [2.75, 3.05) is 19.6 Å². The van der Waals surface area contributed by atoms with E-state index in [1.165, 1.54) is 6.07 Å². The third-order valence-electron chi connectivity index (χ3n) is 8.58. The number of hydrogen-bond donors (Lipinski definition) is 1. The van der Waals surface area contributed by atoms with E-state index in [1.54, 1.807) is 6.92 Å². The molecule has 1 atom stereocenters. The molecular formula is C28H33FN2O2. The van der Waals surface area contributed by atoms with Gasteiger partial charge in [0, 0.05) is 32.0 Å². The SMILES string of the molecule is Cc1cc(C2CNC(=O)CC23CCN(C(=O)C2(c4ccccc4)CCCC2)CC3)ccc1F. The topological polar surface area (TPSA) is 49.4 Å². The molecule has 1 unspecified atom stereocenters. The number of carbonyl (C=O) groups excluding carboxylic acids is 2. The number of carbonyl (C=O) groups is 2. The molecule has 2 aromatic carbocycles. The average molecular weight is 449 g/mol. The lowest BCUT2D eigenvalue weighted by Gasteiger charge is -2.50. The van der Waals surface area contributed by atoms with Crippen molar-refractivity contribution in [2.24, 2.45) is 5.41 Å². The molecule has 3 fully saturated rings. The highest BCUT2D eigenvalue weighted by Crippen LogP contribution is 2.50. The normalized spacial score (nSPS) is 24.0. The quantitative estimate of drug-likeness (QED) is 0.729. The molecule has 2 amide bonds. The summed E-state index contributed by atoms with van der Waals surface area (Å²) in [7, 11) is 0. The Morgan fingerprint density at radius 1 is 1.03 bits per heavy atom. The zero-order valence-corrected chi connectivity index (χ0v) is 19.4. The van der Waals surface area contributed by atoms with Gasteiger partial charge in [-0.25, -0.2) is 4.39 Å². The molecule has 4 nitrogen and oxygen atoms in total. The van der Waals surface area contributed by atoms with E-state index in [0.717, 1.165) is 49.7 Å². The number of aryl methyl sites for hydroxylation is 1. The van der Waals surface area contributed by atoms with Crippen LogP contribution in [0.3, 0.4) is 0 Å². The predicted molar refractivity (Wildman–Crippen MR) is 126 cm³/mol. The Morgan fingerprint density at radius 2 is 1.73 bits per heavy atom. The first-order valence-electron chi connectivity index (χ1n) is 12.3. The van der Waals surface area contributed by atoms with E-state index in [0.29, 0.717) is 31.6 Å². The van der Waals surface area contributed by atoms with Crippen LogP contribution in [0.5, 0.6) is 0 Å². The van der Waals surface area contributed by atoms with Crippen LogP contribution >= 0.6 is 0 Å². The van der Waals surface area contributed by atoms with Crippen molar-refractivity contribution in [1.82, 2.24) is 10.2 Å². The Labute approximate surface area is 195 Å². The van der Waals surface area contributed by atoms with Crippen LogP contribution in [0.4, 0.5) is 4.39 Å². The van der Waals surface area contributed by atoms with Gasteiger partial charge in [0.05, 0.1) is 5.41 Å². The van der Waals surface area contributed by atoms with E-state index < -0.39 is 5.41 Å². The van der Waals surface area contributed by atoms with Crippen molar-refractivity contribution >= 4 is 11.8 Å². The maximum Gasteiger partial charge on any atom is 0.233 e. The van der Waals surface area contributed by atoms with Gasteiger partial charge in [-0.1, -0.05) is 55.3 Å². The summed E-state index contributed by atoms with van der Waals surface area (Å²) in [6, 6.07) is 15.6. The molecule has 5 rings (SSSR count). The maximum absolute atomic E-state index is 13.9. The molecule has 2 heterocycles. The lowest BCUT2D eigenvalue weighted by molar-refractivity contribution is -0.141. The second kappa shape index (κ2) is 8.58. The molecule has 1 aliphatic carbocycles. The molecule has 33 heavy (non-hydrogen) atoms. The molecule has 174 valence electrons. The van der Waals surface area contributed by atoms with E-state index >= 15 is 0 Å².